The maximum absolute atomic E-state index is 11.1. The molecular formula is C11H9N5O3. The van der Waals surface area contributed by atoms with Gasteiger partial charge in [-0.1, -0.05) is 17.2 Å². The average molecular weight is 259 g/mol. The zero-order valence-corrected chi connectivity index (χ0v) is 9.56. The van der Waals surface area contributed by atoms with E-state index in [1.54, 1.807) is 12.1 Å². The summed E-state index contributed by atoms with van der Waals surface area (Å²) >= 11 is 0. The fourth-order valence-electron chi connectivity index (χ4n) is 1.89. The third-order valence-electron chi connectivity index (χ3n) is 2.79. The van der Waals surface area contributed by atoms with Crippen LogP contribution in [0.4, 0.5) is 5.95 Å². The van der Waals surface area contributed by atoms with E-state index >= 15 is 0 Å². The molecule has 0 bridgehead atoms. The molecule has 1 aliphatic heterocycles. The summed E-state index contributed by atoms with van der Waals surface area (Å²) in [6.45, 7) is 0. The van der Waals surface area contributed by atoms with Crippen LogP contribution in [0.5, 0.6) is 5.75 Å². The molecule has 0 spiro atoms. The first-order valence-electron chi connectivity index (χ1n) is 5.44. The molecule has 8 heteroatoms. The molecule has 2 heterocycles. The Bertz CT molecular complexity index is 661. The van der Waals surface area contributed by atoms with Gasteiger partial charge in [0.1, 0.15) is 17.5 Å². The molecule has 3 N–H and O–H groups in total. The molecule has 0 saturated heterocycles. The predicted molar refractivity (Wildman–Crippen MR) is 63.4 cm³/mol. The number of tetrazole rings is 1. The molecule has 0 radical (unpaired) electrons. The second kappa shape index (κ2) is 4.09. The van der Waals surface area contributed by atoms with E-state index in [0.29, 0.717) is 0 Å². The number of carboxylic acid groups (broad SMARTS) is 1. The molecule has 96 valence electrons. The van der Waals surface area contributed by atoms with Gasteiger partial charge in [0.2, 0.25) is 5.95 Å². The highest BCUT2D eigenvalue weighted by Crippen LogP contribution is 2.28. The van der Waals surface area contributed by atoms with Crippen molar-refractivity contribution in [3.63, 3.8) is 0 Å². The highest BCUT2D eigenvalue weighted by atomic mass is 16.4. The van der Waals surface area contributed by atoms with Crippen LogP contribution in [0, 0.1) is 0 Å². The first-order valence-corrected chi connectivity index (χ1v) is 5.44. The van der Waals surface area contributed by atoms with Gasteiger partial charge in [0.05, 0.1) is 0 Å². The van der Waals surface area contributed by atoms with Gasteiger partial charge in [-0.15, -0.1) is 0 Å². The van der Waals surface area contributed by atoms with Crippen LogP contribution in [0.3, 0.4) is 0 Å². The van der Waals surface area contributed by atoms with Gasteiger partial charge < -0.3 is 15.5 Å². The molecule has 8 nitrogen and oxygen atoms in total. The van der Waals surface area contributed by atoms with Crippen LogP contribution in [-0.4, -0.2) is 36.4 Å². The third-order valence-corrected chi connectivity index (χ3v) is 2.79. The number of nitrogens with one attached hydrogen (secondary N) is 1. The molecule has 2 aromatic rings. The first-order chi connectivity index (χ1) is 9.15. The topological polar surface area (TPSA) is 113 Å². The van der Waals surface area contributed by atoms with Crippen LogP contribution in [0.1, 0.15) is 11.6 Å². The fourth-order valence-corrected chi connectivity index (χ4v) is 1.89. The van der Waals surface area contributed by atoms with Crippen molar-refractivity contribution in [1.29, 1.82) is 0 Å². The van der Waals surface area contributed by atoms with Gasteiger partial charge in [0.15, 0.2) is 0 Å². The minimum absolute atomic E-state index is 0.0142. The van der Waals surface area contributed by atoms with E-state index in [4.69, 9.17) is 5.11 Å². The van der Waals surface area contributed by atoms with Crippen LogP contribution in [-0.2, 0) is 4.79 Å². The Labute approximate surface area is 107 Å². The molecule has 0 aliphatic carbocycles. The summed E-state index contributed by atoms with van der Waals surface area (Å²) in [7, 11) is 0. The number of anilines is 1. The molecule has 1 atom stereocenters. The Balaban J connectivity index is 2.09. The Morgan fingerprint density at radius 1 is 1.32 bits per heavy atom. The largest absolute Gasteiger partial charge is 0.508 e. The Morgan fingerprint density at radius 2 is 2.05 bits per heavy atom. The third kappa shape index (κ3) is 1.88. The fraction of sp³-hybridized carbons (Fsp3) is 0.0909. The lowest BCUT2D eigenvalue weighted by molar-refractivity contribution is -0.132. The number of phenolic OH excluding ortho intramolecular Hbond substituents is 1. The smallest absolute Gasteiger partial charge is 0.352 e. The lowest BCUT2D eigenvalue weighted by Crippen LogP contribution is -2.24. The van der Waals surface area contributed by atoms with Crippen LogP contribution in [0.25, 0.3) is 0 Å². The summed E-state index contributed by atoms with van der Waals surface area (Å²) in [5, 5.41) is 32.0. The molecule has 1 aliphatic rings. The maximum Gasteiger partial charge on any atom is 0.352 e. The van der Waals surface area contributed by atoms with Crippen LogP contribution >= 0.6 is 0 Å². The number of carboxylic acids is 1. The molecule has 1 unspecified atom stereocenters. The summed E-state index contributed by atoms with van der Waals surface area (Å²) in [6, 6.07) is 5.99. The number of fused-ring (bicyclic) bond motifs is 1. The molecule has 0 saturated carbocycles. The van der Waals surface area contributed by atoms with E-state index in [1.807, 2.05) is 0 Å². The van der Waals surface area contributed by atoms with Crippen LogP contribution in [0.15, 0.2) is 36.0 Å². The zero-order chi connectivity index (χ0) is 13.4. The number of hydrogen-bond acceptors (Lipinski definition) is 6. The zero-order valence-electron chi connectivity index (χ0n) is 9.56. The highest BCUT2D eigenvalue weighted by Gasteiger charge is 2.26. The van der Waals surface area contributed by atoms with Crippen molar-refractivity contribution in [1.82, 2.24) is 20.2 Å². The number of phenols is 1. The maximum atomic E-state index is 11.1. The average Bonchev–Trinajstić information content (AvgIpc) is 2.86. The second-order valence-corrected chi connectivity index (χ2v) is 3.99. The van der Waals surface area contributed by atoms with Gasteiger partial charge in [-0.3, -0.25) is 0 Å². The summed E-state index contributed by atoms with van der Waals surface area (Å²) in [5.41, 5.74) is 0.784. The van der Waals surface area contributed by atoms with Gasteiger partial charge >= 0.3 is 5.97 Å². The molecule has 0 amide bonds. The summed E-state index contributed by atoms with van der Waals surface area (Å²) in [6.07, 6.45) is 1.51. The van der Waals surface area contributed by atoms with E-state index in [1.165, 1.54) is 22.9 Å². The van der Waals surface area contributed by atoms with Gasteiger partial charge in [-0.25, -0.2) is 4.79 Å². The lowest BCUT2D eigenvalue weighted by Gasteiger charge is -2.21. The van der Waals surface area contributed by atoms with Crippen molar-refractivity contribution in [3.8, 4) is 5.75 Å². The van der Waals surface area contributed by atoms with Gasteiger partial charge in [0.25, 0.3) is 0 Å². The molecule has 0 fully saturated rings. The monoisotopic (exact) mass is 259 g/mol. The van der Waals surface area contributed by atoms with Gasteiger partial charge in [-0.2, -0.15) is 4.68 Å². The van der Waals surface area contributed by atoms with E-state index in [0.717, 1.165) is 5.56 Å². The Kier molecular flexibility index (Phi) is 2.41. The van der Waals surface area contributed by atoms with Crippen molar-refractivity contribution < 1.29 is 15.0 Å². The normalized spacial score (nSPS) is 17.3. The van der Waals surface area contributed by atoms with E-state index in [-0.39, 0.29) is 17.4 Å². The minimum Gasteiger partial charge on any atom is -0.508 e. The number of aromatic hydroxyl groups is 1. The molecule has 3 rings (SSSR count). The van der Waals surface area contributed by atoms with Crippen molar-refractivity contribution in [2.75, 3.05) is 5.32 Å². The van der Waals surface area contributed by atoms with E-state index < -0.39 is 12.0 Å². The number of aliphatic carboxylic acids is 1. The molecule has 1 aromatic carbocycles. The number of rotatable bonds is 2. The standard InChI is InChI=1S/C11H9N5O3/c17-7-3-1-6(2-4-7)9-5-8(10(18)19)12-11-13-14-15-16(9)11/h1-5,9,17H,(H,18,19)(H,12,13,15). The number of hydrogen-bond donors (Lipinski definition) is 3. The SMILES string of the molecule is O=C(O)C1=CC(c2ccc(O)cc2)n2nnnc2N1. The van der Waals surface area contributed by atoms with Crippen molar-refractivity contribution in [2.24, 2.45) is 0 Å². The lowest BCUT2D eigenvalue weighted by atomic mass is 10.0. The number of allylic oxidation sites excluding steroid dienone is 1. The molecule has 19 heavy (non-hydrogen) atoms. The summed E-state index contributed by atoms with van der Waals surface area (Å²) in [5.74, 6) is -0.687. The second-order valence-electron chi connectivity index (χ2n) is 3.99. The van der Waals surface area contributed by atoms with E-state index in [9.17, 15) is 9.90 Å². The highest BCUT2D eigenvalue weighted by molar-refractivity contribution is 5.90. The Morgan fingerprint density at radius 3 is 2.74 bits per heavy atom. The minimum atomic E-state index is -1.09. The summed E-state index contributed by atoms with van der Waals surface area (Å²) in [4.78, 5) is 11.1. The van der Waals surface area contributed by atoms with Crippen LogP contribution in [0.2, 0.25) is 0 Å². The van der Waals surface area contributed by atoms with Crippen molar-refractivity contribution in [3.05, 3.63) is 41.6 Å². The number of nitrogens with zero attached hydrogens (tertiary/aromatic N) is 4. The van der Waals surface area contributed by atoms with Crippen molar-refractivity contribution >= 4 is 11.9 Å². The number of aromatic nitrogens is 4. The predicted octanol–water partition coefficient (Wildman–Crippen LogP) is 0.362. The van der Waals surface area contributed by atoms with Crippen LogP contribution < -0.4 is 5.32 Å². The molecular weight excluding hydrogens is 250 g/mol. The first kappa shape index (κ1) is 11.2. The summed E-state index contributed by atoms with van der Waals surface area (Å²) < 4.78 is 1.47. The van der Waals surface area contributed by atoms with Gasteiger partial charge in [-0.05, 0) is 34.2 Å². The molecule has 1 aromatic heterocycles. The Hall–Kier alpha value is -2.90. The number of benzene rings is 1. The number of carbonyl (C=O) groups is 1. The van der Waals surface area contributed by atoms with E-state index in [2.05, 4.69) is 20.8 Å². The quantitative estimate of drug-likeness (QED) is 0.713. The van der Waals surface area contributed by atoms with Crippen molar-refractivity contribution in [2.45, 2.75) is 6.04 Å². The van der Waals surface area contributed by atoms with Gasteiger partial charge in [0, 0.05) is 0 Å².